The van der Waals surface area contributed by atoms with Gasteiger partial charge in [-0.25, -0.2) is 0 Å². The lowest BCUT2D eigenvalue weighted by atomic mass is 10.2. The van der Waals surface area contributed by atoms with Gasteiger partial charge >= 0.3 is 0 Å². The molecule has 0 atom stereocenters. The van der Waals surface area contributed by atoms with E-state index < -0.39 is 0 Å². The van der Waals surface area contributed by atoms with Crippen LogP contribution in [0.3, 0.4) is 0 Å². The SMILES string of the molecule is CC(=O)N(CCNC(=O)COc1ccccc1)c1ccc2c(c1)OCCO2. The van der Waals surface area contributed by atoms with Gasteiger partial charge in [-0.1, -0.05) is 18.2 Å². The number of para-hydroxylation sites is 1. The molecule has 2 aromatic rings. The van der Waals surface area contributed by atoms with Crippen LogP contribution in [0.4, 0.5) is 5.69 Å². The van der Waals surface area contributed by atoms with Crippen molar-refractivity contribution in [1.29, 1.82) is 0 Å². The van der Waals surface area contributed by atoms with Gasteiger partial charge in [-0.3, -0.25) is 9.59 Å². The van der Waals surface area contributed by atoms with Gasteiger partial charge in [0.1, 0.15) is 19.0 Å². The molecule has 0 saturated carbocycles. The molecular formula is C20H22N2O5. The van der Waals surface area contributed by atoms with Crippen molar-refractivity contribution in [1.82, 2.24) is 5.32 Å². The van der Waals surface area contributed by atoms with Crippen LogP contribution in [0.2, 0.25) is 0 Å². The van der Waals surface area contributed by atoms with Gasteiger partial charge in [-0.15, -0.1) is 0 Å². The number of hydrogen-bond acceptors (Lipinski definition) is 5. The Morgan fingerprint density at radius 2 is 1.81 bits per heavy atom. The molecule has 0 unspecified atom stereocenters. The number of carbonyl (C=O) groups is 2. The topological polar surface area (TPSA) is 77.1 Å². The van der Waals surface area contributed by atoms with Gasteiger partial charge < -0.3 is 24.4 Å². The zero-order valence-corrected chi connectivity index (χ0v) is 15.1. The number of nitrogens with one attached hydrogen (secondary N) is 1. The van der Waals surface area contributed by atoms with Crippen molar-refractivity contribution in [3.63, 3.8) is 0 Å². The van der Waals surface area contributed by atoms with E-state index in [1.807, 2.05) is 18.2 Å². The molecule has 1 N–H and O–H groups in total. The molecule has 3 rings (SSSR count). The van der Waals surface area contributed by atoms with Gasteiger partial charge in [0.15, 0.2) is 18.1 Å². The highest BCUT2D eigenvalue weighted by atomic mass is 16.6. The smallest absolute Gasteiger partial charge is 0.258 e. The first-order chi connectivity index (χ1) is 13.1. The summed E-state index contributed by atoms with van der Waals surface area (Å²) >= 11 is 0. The van der Waals surface area contributed by atoms with Crippen molar-refractivity contribution < 1.29 is 23.8 Å². The third-order valence-electron chi connectivity index (χ3n) is 3.99. The van der Waals surface area contributed by atoms with E-state index in [1.54, 1.807) is 35.2 Å². The second-order valence-electron chi connectivity index (χ2n) is 5.95. The average molecular weight is 370 g/mol. The van der Waals surface area contributed by atoms with Crippen LogP contribution in [0.25, 0.3) is 0 Å². The number of ether oxygens (including phenoxy) is 3. The number of fused-ring (bicyclic) bond motifs is 1. The van der Waals surface area contributed by atoms with Gasteiger partial charge in [0.25, 0.3) is 5.91 Å². The first-order valence-corrected chi connectivity index (χ1v) is 8.76. The molecule has 0 bridgehead atoms. The molecule has 2 amide bonds. The molecule has 0 aliphatic carbocycles. The normalized spacial score (nSPS) is 12.2. The van der Waals surface area contributed by atoms with Gasteiger partial charge in [-0.2, -0.15) is 0 Å². The Morgan fingerprint density at radius 1 is 1.07 bits per heavy atom. The van der Waals surface area contributed by atoms with Crippen molar-refractivity contribution >= 4 is 17.5 Å². The number of amides is 2. The van der Waals surface area contributed by atoms with Crippen LogP contribution in [0.5, 0.6) is 17.2 Å². The zero-order chi connectivity index (χ0) is 19.1. The van der Waals surface area contributed by atoms with Crippen LogP contribution in [0, 0.1) is 0 Å². The summed E-state index contributed by atoms with van der Waals surface area (Å²) in [6.45, 7) is 3.05. The van der Waals surface area contributed by atoms with E-state index in [0.717, 1.165) is 0 Å². The van der Waals surface area contributed by atoms with E-state index in [1.165, 1.54) is 6.92 Å². The largest absolute Gasteiger partial charge is 0.486 e. The molecule has 0 saturated heterocycles. The highest BCUT2D eigenvalue weighted by Gasteiger charge is 2.17. The Bertz CT molecular complexity index is 794. The number of rotatable bonds is 7. The summed E-state index contributed by atoms with van der Waals surface area (Å²) in [5, 5.41) is 2.76. The van der Waals surface area contributed by atoms with Crippen LogP contribution >= 0.6 is 0 Å². The van der Waals surface area contributed by atoms with Crippen LogP contribution in [0.15, 0.2) is 48.5 Å². The van der Waals surface area contributed by atoms with Crippen LogP contribution in [-0.2, 0) is 9.59 Å². The fraction of sp³-hybridized carbons (Fsp3) is 0.300. The molecule has 2 aromatic carbocycles. The minimum atomic E-state index is -0.246. The monoisotopic (exact) mass is 370 g/mol. The molecule has 0 spiro atoms. The maximum atomic E-state index is 12.0. The lowest BCUT2D eigenvalue weighted by molar-refractivity contribution is -0.123. The first-order valence-electron chi connectivity index (χ1n) is 8.76. The molecule has 0 fully saturated rings. The lowest BCUT2D eigenvalue weighted by Crippen LogP contribution is -2.39. The van der Waals surface area contributed by atoms with Crippen molar-refractivity contribution in [2.24, 2.45) is 0 Å². The number of nitrogens with zero attached hydrogens (tertiary/aromatic N) is 1. The molecule has 1 heterocycles. The molecule has 0 radical (unpaired) electrons. The highest BCUT2D eigenvalue weighted by molar-refractivity contribution is 5.92. The number of anilines is 1. The molecule has 0 aromatic heterocycles. The van der Waals surface area contributed by atoms with E-state index >= 15 is 0 Å². The summed E-state index contributed by atoms with van der Waals surface area (Å²) in [5.74, 6) is 1.55. The second-order valence-corrected chi connectivity index (χ2v) is 5.95. The standard InChI is InChI=1S/C20H22N2O5/c1-15(23)22(16-7-8-18-19(13-16)26-12-11-25-18)10-9-21-20(24)14-27-17-5-3-2-4-6-17/h2-8,13H,9-12,14H2,1H3,(H,21,24). The molecule has 7 nitrogen and oxygen atoms in total. The third kappa shape index (κ3) is 5.13. The summed E-state index contributed by atoms with van der Waals surface area (Å²) in [7, 11) is 0. The molecule has 142 valence electrons. The van der Waals surface area contributed by atoms with Gasteiger partial charge in [-0.05, 0) is 24.3 Å². The number of carbonyl (C=O) groups excluding carboxylic acids is 2. The predicted molar refractivity (Wildman–Crippen MR) is 100 cm³/mol. The Balaban J connectivity index is 1.51. The Kier molecular flexibility index (Phi) is 6.14. The number of hydrogen-bond donors (Lipinski definition) is 1. The minimum Gasteiger partial charge on any atom is -0.486 e. The predicted octanol–water partition coefficient (Wildman–Crippen LogP) is 2.01. The number of benzene rings is 2. The van der Waals surface area contributed by atoms with E-state index in [4.69, 9.17) is 14.2 Å². The van der Waals surface area contributed by atoms with E-state index in [9.17, 15) is 9.59 Å². The molecule has 1 aliphatic heterocycles. The maximum absolute atomic E-state index is 12.0. The lowest BCUT2D eigenvalue weighted by Gasteiger charge is -2.24. The average Bonchev–Trinajstić information content (AvgIpc) is 2.70. The van der Waals surface area contributed by atoms with Crippen LogP contribution < -0.4 is 24.4 Å². The summed E-state index contributed by atoms with van der Waals surface area (Å²) in [6, 6.07) is 14.5. The Morgan fingerprint density at radius 3 is 2.56 bits per heavy atom. The van der Waals surface area contributed by atoms with Crippen molar-refractivity contribution in [2.75, 3.05) is 37.8 Å². The maximum Gasteiger partial charge on any atom is 0.258 e. The summed E-state index contributed by atoms with van der Waals surface area (Å²) < 4.78 is 16.5. The zero-order valence-electron chi connectivity index (χ0n) is 15.1. The third-order valence-corrected chi connectivity index (χ3v) is 3.99. The summed E-state index contributed by atoms with van der Waals surface area (Å²) in [5.41, 5.74) is 0.696. The fourth-order valence-corrected chi connectivity index (χ4v) is 2.69. The van der Waals surface area contributed by atoms with Gasteiger partial charge in [0.05, 0.1) is 0 Å². The van der Waals surface area contributed by atoms with Crippen molar-refractivity contribution in [3.8, 4) is 17.2 Å². The Hall–Kier alpha value is -3.22. The molecule has 1 aliphatic rings. The van der Waals surface area contributed by atoms with E-state index in [-0.39, 0.29) is 18.4 Å². The van der Waals surface area contributed by atoms with E-state index in [0.29, 0.717) is 49.2 Å². The summed E-state index contributed by atoms with van der Waals surface area (Å²) in [4.78, 5) is 25.5. The quantitative estimate of drug-likeness (QED) is 0.807. The van der Waals surface area contributed by atoms with Crippen molar-refractivity contribution in [3.05, 3.63) is 48.5 Å². The molecule has 27 heavy (non-hydrogen) atoms. The first kappa shape index (κ1) is 18.6. The molecular weight excluding hydrogens is 348 g/mol. The van der Waals surface area contributed by atoms with Gasteiger partial charge in [0.2, 0.25) is 5.91 Å². The van der Waals surface area contributed by atoms with Gasteiger partial charge in [0, 0.05) is 31.8 Å². The summed E-state index contributed by atoms with van der Waals surface area (Å²) in [6.07, 6.45) is 0. The molecule has 7 heteroatoms. The van der Waals surface area contributed by atoms with Crippen LogP contribution in [-0.4, -0.2) is 44.7 Å². The second kappa shape index (κ2) is 8.93. The van der Waals surface area contributed by atoms with E-state index in [2.05, 4.69) is 5.32 Å². The van der Waals surface area contributed by atoms with Crippen molar-refractivity contribution in [2.45, 2.75) is 6.92 Å². The highest BCUT2D eigenvalue weighted by Crippen LogP contribution is 2.33. The fourth-order valence-electron chi connectivity index (χ4n) is 2.69. The van der Waals surface area contributed by atoms with Crippen LogP contribution in [0.1, 0.15) is 6.92 Å². The Labute approximate surface area is 157 Å². The minimum absolute atomic E-state index is 0.0753.